The number of nitrogens with zero attached hydrogens (tertiary/aromatic N) is 2. The van der Waals surface area contributed by atoms with E-state index in [2.05, 4.69) is 16.4 Å². The summed E-state index contributed by atoms with van der Waals surface area (Å²) < 4.78 is 6.42. The number of hydrogen-bond acceptors (Lipinski definition) is 5. The van der Waals surface area contributed by atoms with Gasteiger partial charge in [0.1, 0.15) is 5.75 Å². The first-order valence-corrected chi connectivity index (χ1v) is 8.05. The van der Waals surface area contributed by atoms with E-state index in [1.807, 2.05) is 30.3 Å². The van der Waals surface area contributed by atoms with Crippen molar-refractivity contribution in [2.75, 3.05) is 5.32 Å². The predicted octanol–water partition coefficient (Wildman–Crippen LogP) is 5.07. The minimum absolute atomic E-state index is 0.527. The first kappa shape index (κ1) is 15.3. The van der Waals surface area contributed by atoms with Crippen molar-refractivity contribution in [2.45, 2.75) is 6.54 Å². The van der Waals surface area contributed by atoms with E-state index in [0.29, 0.717) is 28.1 Å². The van der Waals surface area contributed by atoms with Crippen LogP contribution in [0.1, 0.15) is 10.4 Å². The highest BCUT2D eigenvalue weighted by Gasteiger charge is 2.06. The quantitative estimate of drug-likeness (QED) is 0.703. The lowest BCUT2D eigenvalue weighted by Crippen LogP contribution is -1.99. The summed E-state index contributed by atoms with van der Waals surface area (Å²) in [5.74, 6) is 1.32. The third-order valence-electron chi connectivity index (χ3n) is 3.06. The molecule has 0 bridgehead atoms. The van der Waals surface area contributed by atoms with Crippen molar-refractivity contribution >= 4 is 28.6 Å². The van der Waals surface area contributed by atoms with E-state index in [9.17, 15) is 0 Å². The molecule has 3 aromatic rings. The van der Waals surface area contributed by atoms with Gasteiger partial charge in [-0.25, -0.2) is 4.98 Å². The van der Waals surface area contributed by atoms with Crippen LogP contribution in [0.5, 0.6) is 11.5 Å². The minimum Gasteiger partial charge on any atom is -0.455 e. The monoisotopic (exact) mass is 341 g/mol. The number of ether oxygens (including phenoxy) is 1. The molecular formula is C17H12ClN3OS. The van der Waals surface area contributed by atoms with E-state index in [1.54, 1.807) is 24.4 Å². The van der Waals surface area contributed by atoms with Crippen LogP contribution in [0.25, 0.3) is 0 Å². The molecule has 4 nitrogen and oxygen atoms in total. The molecule has 1 N–H and O–H groups in total. The van der Waals surface area contributed by atoms with Crippen LogP contribution in [0.2, 0.25) is 4.47 Å². The van der Waals surface area contributed by atoms with Crippen LogP contribution in [0.4, 0.5) is 5.69 Å². The Kier molecular flexibility index (Phi) is 4.77. The summed E-state index contributed by atoms with van der Waals surface area (Å²) in [7, 11) is 0. The number of nitriles is 1. The van der Waals surface area contributed by atoms with Gasteiger partial charge >= 0.3 is 0 Å². The van der Waals surface area contributed by atoms with Gasteiger partial charge in [-0.1, -0.05) is 29.8 Å². The van der Waals surface area contributed by atoms with Crippen molar-refractivity contribution in [1.82, 2.24) is 4.98 Å². The molecular weight excluding hydrogens is 330 g/mol. The molecule has 23 heavy (non-hydrogen) atoms. The number of aromatic nitrogens is 1. The molecule has 0 aliphatic carbocycles. The van der Waals surface area contributed by atoms with Crippen molar-refractivity contribution in [3.63, 3.8) is 0 Å². The second kappa shape index (κ2) is 7.14. The summed E-state index contributed by atoms with van der Waals surface area (Å²) in [6.07, 6.45) is 1.75. The number of nitrogens with one attached hydrogen (secondary N) is 1. The van der Waals surface area contributed by atoms with Crippen LogP contribution in [0.3, 0.4) is 0 Å². The summed E-state index contributed by atoms with van der Waals surface area (Å²) in [6, 6.07) is 16.8. The van der Waals surface area contributed by atoms with Gasteiger partial charge in [-0.2, -0.15) is 5.26 Å². The lowest BCUT2D eigenvalue weighted by Gasteiger charge is -2.12. The molecule has 0 aliphatic heterocycles. The van der Waals surface area contributed by atoms with E-state index in [4.69, 9.17) is 21.6 Å². The number of para-hydroxylation sites is 2. The second-order valence-corrected chi connectivity index (χ2v) is 6.37. The van der Waals surface area contributed by atoms with Crippen LogP contribution < -0.4 is 10.1 Å². The standard InChI is InChI=1S/C17H12ClN3OS/c18-17-21-11-14(23-17)10-20-15-6-1-2-7-16(15)22-13-5-3-4-12(8-13)9-19/h1-8,11,20H,10H2. The lowest BCUT2D eigenvalue weighted by atomic mass is 10.2. The zero-order valence-electron chi connectivity index (χ0n) is 12.0. The first-order valence-electron chi connectivity index (χ1n) is 6.86. The Balaban J connectivity index is 1.76. The zero-order chi connectivity index (χ0) is 16.1. The van der Waals surface area contributed by atoms with E-state index in [1.165, 1.54) is 11.3 Å². The highest BCUT2D eigenvalue weighted by atomic mass is 35.5. The Labute approximate surface area is 142 Å². The maximum Gasteiger partial charge on any atom is 0.183 e. The molecule has 2 aromatic carbocycles. The Hall–Kier alpha value is -2.55. The number of hydrogen-bond donors (Lipinski definition) is 1. The maximum atomic E-state index is 8.96. The van der Waals surface area contributed by atoms with Crippen LogP contribution >= 0.6 is 22.9 Å². The summed E-state index contributed by atoms with van der Waals surface area (Å²) >= 11 is 7.27. The largest absolute Gasteiger partial charge is 0.455 e. The highest BCUT2D eigenvalue weighted by molar-refractivity contribution is 7.15. The number of anilines is 1. The molecule has 0 amide bonds. The molecule has 0 unspecified atom stereocenters. The average molecular weight is 342 g/mol. The molecule has 0 saturated carbocycles. The topological polar surface area (TPSA) is 57.9 Å². The molecule has 0 saturated heterocycles. The van der Waals surface area contributed by atoms with Crippen LogP contribution in [0.15, 0.2) is 54.7 Å². The number of halogens is 1. The van der Waals surface area contributed by atoms with Crippen molar-refractivity contribution in [2.24, 2.45) is 0 Å². The van der Waals surface area contributed by atoms with Crippen molar-refractivity contribution in [3.8, 4) is 17.6 Å². The van der Waals surface area contributed by atoms with Gasteiger partial charge in [0.15, 0.2) is 10.2 Å². The summed E-state index contributed by atoms with van der Waals surface area (Å²) in [6.45, 7) is 0.614. The summed E-state index contributed by atoms with van der Waals surface area (Å²) in [5.41, 5.74) is 1.42. The minimum atomic E-state index is 0.527. The van der Waals surface area contributed by atoms with Crippen LogP contribution in [-0.4, -0.2) is 4.98 Å². The van der Waals surface area contributed by atoms with Crippen molar-refractivity contribution in [3.05, 3.63) is 69.6 Å². The summed E-state index contributed by atoms with van der Waals surface area (Å²) in [4.78, 5) is 5.06. The molecule has 0 aliphatic rings. The smallest absolute Gasteiger partial charge is 0.183 e. The third-order valence-corrected chi connectivity index (χ3v) is 4.17. The Morgan fingerprint density at radius 1 is 1.22 bits per heavy atom. The number of rotatable bonds is 5. The van der Waals surface area contributed by atoms with Gasteiger partial charge in [-0.05, 0) is 30.3 Å². The third kappa shape index (κ3) is 4.01. The van der Waals surface area contributed by atoms with Gasteiger partial charge in [0.25, 0.3) is 0 Å². The fourth-order valence-electron chi connectivity index (χ4n) is 2.01. The van der Waals surface area contributed by atoms with E-state index >= 15 is 0 Å². The molecule has 0 atom stereocenters. The Morgan fingerprint density at radius 2 is 2.09 bits per heavy atom. The van der Waals surface area contributed by atoms with Gasteiger partial charge in [-0.3, -0.25) is 0 Å². The Morgan fingerprint density at radius 3 is 2.87 bits per heavy atom. The maximum absolute atomic E-state index is 8.96. The molecule has 0 radical (unpaired) electrons. The van der Waals surface area contributed by atoms with E-state index < -0.39 is 0 Å². The van der Waals surface area contributed by atoms with Crippen LogP contribution in [0, 0.1) is 11.3 Å². The number of benzene rings is 2. The van der Waals surface area contributed by atoms with Crippen LogP contribution in [-0.2, 0) is 6.54 Å². The number of thiazole rings is 1. The predicted molar refractivity (Wildman–Crippen MR) is 92.1 cm³/mol. The molecule has 1 aromatic heterocycles. The average Bonchev–Trinajstić information content (AvgIpc) is 3.00. The molecule has 6 heteroatoms. The molecule has 0 fully saturated rings. The van der Waals surface area contributed by atoms with Gasteiger partial charge < -0.3 is 10.1 Å². The lowest BCUT2D eigenvalue weighted by molar-refractivity contribution is 0.484. The van der Waals surface area contributed by atoms with Gasteiger partial charge in [0, 0.05) is 11.1 Å². The SMILES string of the molecule is N#Cc1cccc(Oc2ccccc2NCc2cnc(Cl)s2)c1. The van der Waals surface area contributed by atoms with Crippen molar-refractivity contribution < 1.29 is 4.74 Å². The molecule has 3 rings (SSSR count). The normalized spacial score (nSPS) is 10.1. The summed E-state index contributed by atoms with van der Waals surface area (Å²) in [5, 5.41) is 12.3. The van der Waals surface area contributed by atoms with Gasteiger partial charge in [0.05, 0.1) is 23.9 Å². The molecule has 114 valence electrons. The molecule has 0 spiro atoms. The van der Waals surface area contributed by atoms with Gasteiger partial charge in [0.2, 0.25) is 0 Å². The first-order chi connectivity index (χ1) is 11.2. The Bertz CT molecular complexity index is 857. The van der Waals surface area contributed by atoms with E-state index in [0.717, 1.165) is 10.6 Å². The fourth-order valence-corrected chi connectivity index (χ4v) is 2.92. The molecule has 1 heterocycles. The second-order valence-electron chi connectivity index (χ2n) is 4.67. The van der Waals surface area contributed by atoms with E-state index in [-0.39, 0.29) is 0 Å². The zero-order valence-corrected chi connectivity index (χ0v) is 13.6. The van der Waals surface area contributed by atoms with Gasteiger partial charge in [-0.15, -0.1) is 11.3 Å². The van der Waals surface area contributed by atoms with Crippen molar-refractivity contribution in [1.29, 1.82) is 5.26 Å². The highest BCUT2D eigenvalue weighted by Crippen LogP contribution is 2.30. The fraction of sp³-hybridized carbons (Fsp3) is 0.0588.